The van der Waals surface area contributed by atoms with E-state index in [2.05, 4.69) is 36.6 Å². The van der Waals surface area contributed by atoms with Gasteiger partial charge in [0, 0.05) is 12.0 Å². The first-order chi connectivity index (χ1) is 9.40. The summed E-state index contributed by atoms with van der Waals surface area (Å²) >= 11 is 0. The smallest absolute Gasteiger partial charge is 0.0876 e. The molecule has 1 heterocycles. The third kappa shape index (κ3) is 2.55. The molecule has 0 saturated carbocycles. The predicted octanol–water partition coefficient (Wildman–Crippen LogP) is 3.39. The van der Waals surface area contributed by atoms with E-state index in [1.807, 2.05) is 6.26 Å². The summed E-state index contributed by atoms with van der Waals surface area (Å²) in [6.07, 6.45) is 8.14. The molecular weight excluding hydrogens is 234 g/mol. The van der Waals surface area contributed by atoms with E-state index in [1.54, 1.807) is 5.56 Å². The Labute approximate surface area is 115 Å². The first-order valence-corrected chi connectivity index (χ1v) is 7.46. The van der Waals surface area contributed by atoms with Crippen molar-refractivity contribution in [3.8, 4) is 0 Å². The summed E-state index contributed by atoms with van der Waals surface area (Å²) in [5.41, 5.74) is 4.52. The molecule has 2 nitrogen and oxygen atoms in total. The van der Waals surface area contributed by atoms with Gasteiger partial charge < -0.3 is 10.1 Å². The maximum absolute atomic E-state index is 5.54. The summed E-state index contributed by atoms with van der Waals surface area (Å²) < 4.78 is 5.54. The second-order valence-corrected chi connectivity index (χ2v) is 5.63. The second-order valence-electron chi connectivity index (χ2n) is 5.63. The van der Waals surface area contributed by atoms with Crippen LogP contribution in [0.25, 0.3) is 0 Å². The van der Waals surface area contributed by atoms with E-state index in [0.29, 0.717) is 12.0 Å². The van der Waals surface area contributed by atoms with E-state index >= 15 is 0 Å². The summed E-state index contributed by atoms with van der Waals surface area (Å²) in [7, 11) is 2.08. The molecule has 102 valence electrons. The Morgan fingerprint density at radius 3 is 2.89 bits per heavy atom. The van der Waals surface area contributed by atoms with Crippen molar-refractivity contribution in [1.29, 1.82) is 0 Å². The molecule has 0 amide bonds. The minimum absolute atomic E-state index is 0.432. The third-order valence-electron chi connectivity index (χ3n) is 4.49. The zero-order chi connectivity index (χ0) is 13.1. The van der Waals surface area contributed by atoms with E-state index in [9.17, 15) is 0 Å². The molecule has 0 radical (unpaired) electrons. The highest BCUT2D eigenvalue weighted by atomic mass is 16.5. The molecule has 0 spiro atoms. The van der Waals surface area contributed by atoms with Crippen LogP contribution in [-0.4, -0.2) is 19.7 Å². The van der Waals surface area contributed by atoms with Gasteiger partial charge in [-0.3, -0.25) is 0 Å². The topological polar surface area (TPSA) is 21.3 Å². The lowest BCUT2D eigenvalue weighted by atomic mass is 9.76. The molecule has 0 bridgehead atoms. The lowest BCUT2D eigenvalue weighted by molar-refractivity contribution is 0.217. The van der Waals surface area contributed by atoms with Crippen LogP contribution in [0.2, 0.25) is 0 Å². The van der Waals surface area contributed by atoms with Crippen molar-refractivity contribution in [2.45, 2.75) is 44.1 Å². The van der Waals surface area contributed by atoms with Crippen molar-refractivity contribution in [2.24, 2.45) is 0 Å². The fourth-order valence-corrected chi connectivity index (χ4v) is 3.60. The van der Waals surface area contributed by atoms with E-state index in [1.165, 1.54) is 36.8 Å². The van der Waals surface area contributed by atoms with Crippen LogP contribution in [0.1, 0.15) is 42.7 Å². The second kappa shape index (κ2) is 5.79. The number of benzene rings is 1. The van der Waals surface area contributed by atoms with E-state index in [-0.39, 0.29) is 0 Å². The number of hydrogen-bond donors (Lipinski definition) is 1. The molecule has 0 saturated heterocycles. The van der Waals surface area contributed by atoms with Gasteiger partial charge in [-0.05, 0) is 55.9 Å². The van der Waals surface area contributed by atoms with Crippen molar-refractivity contribution in [2.75, 3.05) is 13.7 Å². The predicted molar refractivity (Wildman–Crippen MR) is 78.2 cm³/mol. The summed E-state index contributed by atoms with van der Waals surface area (Å²) in [4.78, 5) is 0. The molecule has 3 rings (SSSR count). The fraction of sp³-hybridized carbons (Fsp3) is 0.529. The fourth-order valence-electron chi connectivity index (χ4n) is 3.60. The SMILES string of the molecule is CNC(C1=COCCC1)C1CCCc2ccccc21. The molecule has 2 atom stereocenters. The Balaban J connectivity index is 1.90. The van der Waals surface area contributed by atoms with Crippen molar-refractivity contribution in [3.63, 3.8) is 0 Å². The van der Waals surface area contributed by atoms with Crippen LogP contribution < -0.4 is 5.32 Å². The lowest BCUT2D eigenvalue weighted by Crippen LogP contribution is -2.36. The Morgan fingerprint density at radius 1 is 1.21 bits per heavy atom. The maximum atomic E-state index is 5.54. The molecule has 0 aromatic heterocycles. The largest absolute Gasteiger partial charge is 0.501 e. The van der Waals surface area contributed by atoms with Crippen LogP contribution in [0, 0.1) is 0 Å². The average Bonchev–Trinajstić information content (AvgIpc) is 2.49. The molecule has 19 heavy (non-hydrogen) atoms. The molecule has 2 heteroatoms. The van der Waals surface area contributed by atoms with Crippen LogP contribution in [-0.2, 0) is 11.2 Å². The normalized spacial score (nSPS) is 24.1. The Morgan fingerprint density at radius 2 is 2.11 bits per heavy atom. The van der Waals surface area contributed by atoms with Gasteiger partial charge in [0.2, 0.25) is 0 Å². The molecule has 0 fully saturated rings. The first-order valence-electron chi connectivity index (χ1n) is 7.46. The van der Waals surface area contributed by atoms with Crippen LogP contribution in [0.5, 0.6) is 0 Å². The van der Waals surface area contributed by atoms with Crippen molar-refractivity contribution in [1.82, 2.24) is 5.32 Å². The summed E-state index contributed by atoms with van der Waals surface area (Å²) in [6.45, 7) is 0.876. The van der Waals surface area contributed by atoms with Gasteiger partial charge in [0.1, 0.15) is 0 Å². The van der Waals surface area contributed by atoms with Gasteiger partial charge in [-0.2, -0.15) is 0 Å². The molecule has 1 aromatic rings. The number of ether oxygens (including phenoxy) is 1. The number of nitrogens with one attached hydrogen (secondary N) is 1. The summed E-state index contributed by atoms with van der Waals surface area (Å²) in [6, 6.07) is 9.38. The first kappa shape index (κ1) is 12.7. The highest BCUT2D eigenvalue weighted by Gasteiger charge is 2.29. The highest BCUT2D eigenvalue weighted by Crippen LogP contribution is 2.37. The summed E-state index contributed by atoms with van der Waals surface area (Å²) in [5.74, 6) is 0.600. The standard InChI is InChI=1S/C17H23NO/c1-18-17(14-8-5-11-19-12-14)16-10-4-7-13-6-2-3-9-15(13)16/h2-3,6,9,12,16-18H,4-5,7-8,10-11H2,1H3. The third-order valence-corrected chi connectivity index (χ3v) is 4.49. The molecule has 1 N–H and O–H groups in total. The van der Waals surface area contributed by atoms with Crippen LogP contribution >= 0.6 is 0 Å². The van der Waals surface area contributed by atoms with Gasteiger partial charge in [0.15, 0.2) is 0 Å². The monoisotopic (exact) mass is 257 g/mol. The Bertz CT molecular complexity index is 466. The molecular formula is C17H23NO. The minimum atomic E-state index is 0.432. The van der Waals surface area contributed by atoms with Crippen LogP contribution in [0.3, 0.4) is 0 Å². The van der Waals surface area contributed by atoms with E-state index < -0.39 is 0 Å². The van der Waals surface area contributed by atoms with Crippen molar-refractivity contribution in [3.05, 3.63) is 47.2 Å². The molecule has 1 aliphatic heterocycles. The number of likely N-dealkylation sites (N-methyl/N-ethyl adjacent to an activating group) is 1. The zero-order valence-corrected chi connectivity index (χ0v) is 11.7. The van der Waals surface area contributed by atoms with Gasteiger partial charge in [0.25, 0.3) is 0 Å². The zero-order valence-electron chi connectivity index (χ0n) is 11.7. The van der Waals surface area contributed by atoms with Crippen molar-refractivity contribution < 1.29 is 4.74 Å². The van der Waals surface area contributed by atoms with Crippen LogP contribution in [0.15, 0.2) is 36.1 Å². The maximum Gasteiger partial charge on any atom is 0.0876 e. The average molecular weight is 257 g/mol. The molecule has 2 unspecified atom stereocenters. The van der Waals surface area contributed by atoms with Gasteiger partial charge in [0.05, 0.1) is 12.9 Å². The van der Waals surface area contributed by atoms with Gasteiger partial charge in [-0.15, -0.1) is 0 Å². The highest BCUT2D eigenvalue weighted by molar-refractivity contribution is 5.36. The Kier molecular flexibility index (Phi) is 3.88. The van der Waals surface area contributed by atoms with Gasteiger partial charge >= 0.3 is 0 Å². The minimum Gasteiger partial charge on any atom is -0.501 e. The van der Waals surface area contributed by atoms with E-state index in [0.717, 1.165) is 13.0 Å². The molecule has 1 aliphatic carbocycles. The molecule has 1 aromatic carbocycles. The van der Waals surface area contributed by atoms with Gasteiger partial charge in [-0.1, -0.05) is 24.3 Å². The number of rotatable bonds is 3. The summed E-state index contributed by atoms with van der Waals surface area (Å²) in [5, 5.41) is 3.53. The van der Waals surface area contributed by atoms with Crippen molar-refractivity contribution >= 4 is 0 Å². The molecule has 2 aliphatic rings. The number of aryl methyl sites for hydroxylation is 1. The van der Waals surface area contributed by atoms with Gasteiger partial charge in [-0.25, -0.2) is 0 Å². The quantitative estimate of drug-likeness (QED) is 0.896. The lowest BCUT2D eigenvalue weighted by Gasteiger charge is -2.34. The van der Waals surface area contributed by atoms with E-state index in [4.69, 9.17) is 4.74 Å². The van der Waals surface area contributed by atoms with Crippen LogP contribution in [0.4, 0.5) is 0 Å². The Hall–Kier alpha value is -1.28. The number of hydrogen-bond acceptors (Lipinski definition) is 2. The number of fused-ring (bicyclic) bond motifs is 1.